The van der Waals surface area contributed by atoms with Gasteiger partial charge in [-0.1, -0.05) is 27.7 Å². The summed E-state index contributed by atoms with van der Waals surface area (Å²) < 4.78 is 49.4. The maximum Gasteiger partial charge on any atom is 0.407 e. The Morgan fingerprint density at radius 3 is 2.25 bits per heavy atom. The van der Waals surface area contributed by atoms with Crippen LogP contribution in [-0.2, 0) is 49.3 Å². The first-order valence-electron chi connectivity index (χ1n) is 21.5. The lowest BCUT2D eigenvalue weighted by Gasteiger charge is -2.49. The van der Waals surface area contributed by atoms with E-state index in [9.17, 15) is 29.7 Å². The van der Waals surface area contributed by atoms with Crippen molar-refractivity contribution in [3.63, 3.8) is 0 Å². The number of ether oxygens (including phenoxy) is 7. The van der Waals surface area contributed by atoms with Gasteiger partial charge in [-0.05, 0) is 92.4 Å². The van der Waals surface area contributed by atoms with Gasteiger partial charge in [-0.15, -0.1) is 0 Å². The number of amides is 1. The zero-order chi connectivity index (χ0) is 44.9. The maximum absolute atomic E-state index is 14.4. The summed E-state index contributed by atoms with van der Waals surface area (Å²) in [5.74, 6) is -2.99. The van der Waals surface area contributed by atoms with Crippen LogP contribution in [-0.4, -0.2) is 144 Å². The summed E-state index contributed by atoms with van der Waals surface area (Å²) in [6.07, 6.45) is -5.95. The molecule has 0 aromatic carbocycles. The number of aliphatic hydroxyl groups is 3. The molecule has 2 saturated heterocycles. The molecule has 0 unspecified atom stereocenters. The molecule has 1 aromatic rings. The number of ketones is 1. The number of rotatable bonds is 11. The topological polar surface area (TPSA) is 205 Å². The van der Waals surface area contributed by atoms with Crippen molar-refractivity contribution in [3.8, 4) is 0 Å². The quantitative estimate of drug-likeness (QED) is 0.228. The number of hydrogen-bond donors (Lipinski definition) is 4. The minimum atomic E-state index is -1.73. The highest BCUT2D eigenvalue weighted by Gasteiger charge is 2.53. The molecule has 4 N–H and O–H groups in total. The number of hydrogen-bond acceptors (Lipinski definition) is 15. The van der Waals surface area contributed by atoms with Crippen LogP contribution >= 0.6 is 0 Å². The molecule has 0 bridgehead atoms. The van der Waals surface area contributed by atoms with E-state index < -0.39 is 95.6 Å². The number of carbonyl (C=O) groups excluding carboxylic acids is 3. The molecule has 1 amide bonds. The van der Waals surface area contributed by atoms with E-state index in [1.54, 1.807) is 39.8 Å². The van der Waals surface area contributed by atoms with E-state index in [4.69, 9.17) is 37.6 Å². The van der Waals surface area contributed by atoms with Gasteiger partial charge in [0.1, 0.15) is 41.1 Å². The highest BCUT2D eigenvalue weighted by atomic mass is 16.7. The number of esters is 1. The van der Waals surface area contributed by atoms with Crippen molar-refractivity contribution < 1.29 is 67.3 Å². The van der Waals surface area contributed by atoms with Gasteiger partial charge in [0, 0.05) is 44.9 Å². The Hall–Kier alpha value is -2.67. The molecule has 16 heteroatoms. The van der Waals surface area contributed by atoms with E-state index in [1.807, 2.05) is 46.7 Å². The fraction of sp³-hybridized carbons (Fsp3) is 0.841. The van der Waals surface area contributed by atoms with Crippen molar-refractivity contribution in [1.29, 1.82) is 0 Å². The Balaban J connectivity index is 1.75. The smallest absolute Gasteiger partial charge is 0.407 e. The van der Waals surface area contributed by atoms with E-state index in [-0.39, 0.29) is 56.1 Å². The second-order valence-electron chi connectivity index (χ2n) is 18.6. The fourth-order valence-electron chi connectivity index (χ4n) is 9.76. The van der Waals surface area contributed by atoms with Gasteiger partial charge in [0.25, 0.3) is 0 Å². The summed E-state index contributed by atoms with van der Waals surface area (Å²) in [7, 11) is 6.70. The Morgan fingerprint density at radius 1 is 1.00 bits per heavy atom. The molecule has 16 nitrogen and oxygen atoms in total. The zero-order valence-corrected chi connectivity index (χ0v) is 38.0. The lowest BCUT2D eigenvalue weighted by atomic mass is 9.74. The van der Waals surface area contributed by atoms with Crippen molar-refractivity contribution in [2.75, 3.05) is 28.3 Å². The SMILES string of the molecule is CC[C@H]1OC(=O)[C@H](C)[C@@H](O[C@@H]2C[C@@H](C)[C@H](OC(=O)NCc3ccco3)[C@](C)(O)C2)[C@H](C)[C@@H](O[C@@H]2O[C@H](C)C[C@H](N(C)C)[C@H]2O)[C@@](C)(OC)C[C@@H](C)C(=O)C[C@@H](OC)[C@]1(C)O. The van der Waals surface area contributed by atoms with Gasteiger partial charge in [-0.3, -0.25) is 9.59 Å². The van der Waals surface area contributed by atoms with E-state index >= 15 is 0 Å². The van der Waals surface area contributed by atoms with Gasteiger partial charge in [-0.25, -0.2) is 4.79 Å². The molecule has 1 aromatic heterocycles. The lowest BCUT2D eigenvalue weighted by Crippen LogP contribution is -2.60. The number of furan rings is 1. The first-order chi connectivity index (χ1) is 28.0. The molecule has 344 valence electrons. The number of alkyl carbamates (subject to hydrolysis) is 1. The summed E-state index contributed by atoms with van der Waals surface area (Å²) in [4.78, 5) is 43.2. The van der Waals surface area contributed by atoms with Crippen LogP contribution in [0.3, 0.4) is 0 Å². The van der Waals surface area contributed by atoms with E-state index in [0.29, 0.717) is 18.6 Å². The summed E-state index contributed by atoms with van der Waals surface area (Å²) in [5, 5.41) is 38.1. The number of likely N-dealkylation sites (N-methyl/N-ethyl adjacent to an activating group) is 1. The van der Waals surface area contributed by atoms with Crippen molar-refractivity contribution in [3.05, 3.63) is 24.2 Å². The Bertz CT molecular complexity index is 1540. The molecule has 0 spiro atoms. The number of Topliss-reactive ketones (excluding diaryl/α,β-unsaturated/α-hetero) is 1. The van der Waals surface area contributed by atoms with E-state index in [2.05, 4.69) is 5.32 Å². The van der Waals surface area contributed by atoms with Crippen LogP contribution in [0.4, 0.5) is 4.79 Å². The monoisotopic (exact) mass is 855 g/mol. The summed E-state index contributed by atoms with van der Waals surface area (Å²) >= 11 is 0. The van der Waals surface area contributed by atoms with Crippen LogP contribution in [0.2, 0.25) is 0 Å². The van der Waals surface area contributed by atoms with Gasteiger partial charge in [0.15, 0.2) is 6.29 Å². The zero-order valence-electron chi connectivity index (χ0n) is 38.0. The van der Waals surface area contributed by atoms with Crippen LogP contribution < -0.4 is 5.32 Å². The van der Waals surface area contributed by atoms with Crippen molar-refractivity contribution >= 4 is 17.8 Å². The average molecular weight is 855 g/mol. The predicted octanol–water partition coefficient (Wildman–Crippen LogP) is 4.38. The molecule has 3 aliphatic rings. The number of carbonyl (C=O) groups is 3. The molecule has 1 aliphatic carbocycles. The minimum Gasteiger partial charge on any atom is -0.467 e. The molecule has 17 atom stereocenters. The van der Waals surface area contributed by atoms with Crippen LogP contribution in [0.1, 0.15) is 107 Å². The highest BCUT2D eigenvalue weighted by Crippen LogP contribution is 2.42. The molecule has 60 heavy (non-hydrogen) atoms. The van der Waals surface area contributed by atoms with Gasteiger partial charge in [-0.2, -0.15) is 0 Å². The van der Waals surface area contributed by atoms with Crippen molar-refractivity contribution in [2.24, 2.45) is 23.7 Å². The van der Waals surface area contributed by atoms with Crippen LogP contribution in [0.15, 0.2) is 22.8 Å². The van der Waals surface area contributed by atoms with Gasteiger partial charge < -0.3 is 63.1 Å². The number of nitrogens with zero attached hydrogens (tertiary/aromatic N) is 1. The summed E-state index contributed by atoms with van der Waals surface area (Å²) in [5.41, 5.74) is -4.50. The summed E-state index contributed by atoms with van der Waals surface area (Å²) in [6, 6.07) is 3.15. The van der Waals surface area contributed by atoms with Crippen LogP contribution in [0.25, 0.3) is 0 Å². The summed E-state index contributed by atoms with van der Waals surface area (Å²) in [6.45, 7) is 15.9. The third kappa shape index (κ3) is 11.7. The second-order valence-corrected chi connectivity index (χ2v) is 18.6. The second kappa shape index (κ2) is 20.7. The van der Waals surface area contributed by atoms with Crippen LogP contribution in [0.5, 0.6) is 0 Å². The van der Waals surface area contributed by atoms with Gasteiger partial charge in [0.05, 0.1) is 54.8 Å². The predicted molar refractivity (Wildman–Crippen MR) is 220 cm³/mol. The molecule has 1 saturated carbocycles. The van der Waals surface area contributed by atoms with E-state index in [1.165, 1.54) is 27.4 Å². The normalized spacial score (nSPS) is 42.6. The molecule has 3 heterocycles. The van der Waals surface area contributed by atoms with Gasteiger partial charge >= 0.3 is 12.1 Å². The molecule has 2 aliphatic heterocycles. The van der Waals surface area contributed by atoms with E-state index in [0.717, 1.165) is 0 Å². The number of cyclic esters (lactones) is 1. The number of nitrogens with one attached hydrogen (secondary N) is 1. The molecular formula is C44H74N2O14. The molecular weight excluding hydrogens is 780 g/mol. The Kier molecular flexibility index (Phi) is 17.2. The first kappa shape index (κ1) is 50.0. The fourth-order valence-corrected chi connectivity index (χ4v) is 9.76. The van der Waals surface area contributed by atoms with Crippen LogP contribution in [0, 0.1) is 23.7 Å². The molecule has 3 fully saturated rings. The minimum absolute atomic E-state index is 0.0470. The van der Waals surface area contributed by atoms with Crippen molar-refractivity contribution in [2.45, 2.75) is 185 Å². The third-order valence-electron chi connectivity index (χ3n) is 13.3. The number of aliphatic hydroxyl groups excluding tert-OH is 1. The molecule has 0 radical (unpaired) electrons. The first-order valence-corrected chi connectivity index (χ1v) is 21.5. The van der Waals surface area contributed by atoms with Crippen molar-refractivity contribution in [1.82, 2.24) is 10.2 Å². The maximum atomic E-state index is 14.4. The average Bonchev–Trinajstić information content (AvgIpc) is 3.71. The lowest BCUT2D eigenvalue weighted by molar-refractivity contribution is -0.304. The largest absolute Gasteiger partial charge is 0.467 e. The van der Waals surface area contributed by atoms with Gasteiger partial charge in [0.2, 0.25) is 0 Å². The standard InChI is InChI=1S/C44H74N2O14/c1-14-33-44(9,52)34(53-12)20-32(47)25(3)21-43(8,54-13)38(59-40-35(48)31(46(10)11)19-26(4)56-40)27(5)36(28(6)39(49)58-33)57-30-18-24(2)37(42(7,51)22-30)60-41(50)45-23-29-16-15-17-55-29/h15-17,24-28,30-31,33-38,40,48,51-52H,14,18-23H2,1-13H3,(H,45,50)/t24-,25-,26-,27+,28-,30-,31+,33-,34-,35-,36+,37+,38-,40+,42-,43+,44-/m1/s1. The Morgan fingerprint density at radius 2 is 1.68 bits per heavy atom. The number of methoxy groups -OCH3 is 2. The highest BCUT2D eigenvalue weighted by molar-refractivity contribution is 5.81. The Labute approximate surface area is 356 Å². The third-order valence-corrected chi connectivity index (χ3v) is 13.3. The molecule has 4 rings (SSSR count).